The van der Waals surface area contributed by atoms with Crippen molar-refractivity contribution in [3.8, 4) is 6.07 Å². The summed E-state index contributed by atoms with van der Waals surface area (Å²) >= 11 is 12.3. The second-order valence-corrected chi connectivity index (χ2v) is 19.3. The SMILES string of the molecule is CC(C)(C)C[C@@H]1N(CCO[Si](C)(C)C(C)(C)C)[C@@H](C(=O)O)[C@H](c2cccc(Cl)c2F)[C@@]1(C#N)c1ccc(Cl)cc1F. The van der Waals surface area contributed by atoms with Gasteiger partial charge in [0.05, 0.1) is 11.1 Å². The van der Waals surface area contributed by atoms with Crippen LogP contribution in [0.5, 0.6) is 0 Å². The van der Waals surface area contributed by atoms with Gasteiger partial charge in [-0.2, -0.15) is 5.26 Å². The zero-order valence-electron chi connectivity index (χ0n) is 25.0. The average Bonchev–Trinajstić information content (AvgIpc) is 3.08. The Hall–Kier alpha value is -2.02. The minimum absolute atomic E-state index is 0.0258. The van der Waals surface area contributed by atoms with E-state index in [0.717, 1.165) is 6.07 Å². The molecule has 1 heterocycles. The van der Waals surface area contributed by atoms with Crippen LogP contribution >= 0.6 is 23.2 Å². The number of nitrogens with zero attached hydrogens (tertiary/aromatic N) is 2. The minimum Gasteiger partial charge on any atom is -0.480 e. The molecule has 2 aromatic carbocycles. The molecule has 4 atom stereocenters. The largest absolute Gasteiger partial charge is 0.480 e. The molecule has 1 saturated heterocycles. The molecule has 1 aliphatic rings. The summed E-state index contributed by atoms with van der Waals surface area (Å²) in [7, 11) is -2.21. The Morgan fingerprint density at radius 3 is 2.29 bits per heavy atom. The minimum atomic E-state index is -2.21. The van der Waals surface area contributed by atoms with E-state index in [4.69, 9.17) is 27.6 Å². The first-order chi connectivity index (χ1) is 18.8. The Morgan fingerprint density at radius 1 is 1.15 bits per heavy atom. The van der Waals surface area contributed by atoms with Crippen molar-refractivity contribution >= 4 is 37.5 Å². The van der Waals surface area contributed by atoms with Crippen LogP contribution < -0.4 is 0 Å². The summed E-state index contributed by atoms with van der Waals surface area (Å²) in [6.07, 6.45) is 0.325. The fraction of sp³-hybridized carbons (Fsp3) is 0.548. The summed E-state index contributed by atoms with van der Waals surface area (Å²) in [6.45, 7) is 16.8. The molecule has 1 N–H and O–H groups in total. The molecule has 41 heavy (non-hydrogen) atoms. The Morgan fingerprint density at radius 2 is 1.78 bits per heavy atom. The van der Waals surface area contributed by atoms with Crippen molar-refractivity contribution < 1.29 is 23.1 Å². The van der Waals surface area contributed by atoms with E-state index in [1.165, 1.54) is 30.3 Å². The first kappa shape index (κ1) is 33.5. The third kappa shape index (κ3) is 6.50. The van der Waals surface area contributed by atoms with Crippen LogP contribution in [0.25, 0.3) is 0 Å². The number of aliphatic carboxylic acids is 1. The molecule has 0 radical (unpaired) electrons. The molecule has 1 fully saturated rings. The van der Waals surface area contributed by atoms with E-state index in [2.05, 4.69) is 39.9 Å². The molecule has 5 nitrogen and oxygen atoms in total. The van der Waals surface area contributed by atoms with Crippen molar-refractivity contribution in [2.75, 3.05) is 13.2 Å². The molecule has 0 amide bonds. The fourth-order valence-corrected chi connectivity index (χ4v) is 7.09. The molecule has 224 valence electrons. The van der Waals surface area contributed by atoms with Crippen LogP contribution in [0.2, 0.25) is 28.2 Å². The maximum absolute atomic E-state index is 15.9. The number of carboxylic acid groups (broad SMARTS) is 1. The van der Waals surface area contributed by atoms with Crippen LogP contribution in [-0.4, -0.2) is 49.5 Å². The molecule has 0 saturated carbocycles. The molecule has 0 aliphatic carbocycles. The van der Waals surface area contributed by atoms with Gasteiger partial charge in [-0.15, -0.1) is 0 Å². The third-order valence-electron chi connectivity index (χ3n) is 8.65. The van der Waals surface area contributed by atoms with Gasteiger partial charge in [-0.3, -0.25) is 9.69 Å². The summed E-state index contributed by atoms with van der Waals surface area (Å²) in [5.74, 6) is -4.12. The number of likely N-dealkylation sites (tertiary alicyclic amines) is 1. The normalized spacial score (nSPS) is 23.9. The molecule has 0 aromatic heterocycles. The lowest BCUT2D eigenvalue weighted by Crippen LogP contribution is -2.49. The first-order valence-electron chi connectivity index (χ1n) is 13.7. The number of nitriles is 1. The average molecular weight is 626 g/mol. The van der Waals surface area contributed by atoms with Crippen molar-refractivity contribution in [2.45, 2.75) is 89.5 Å². The molecule has 1 aliphatic heterocycles. The van der Waals surface area contributed by atoms with Gasteiger partial charge in [0.15, 0.2) is 8.32 Å². The lowest BCUT2D eigenvalue weighted by molar-refractivity contribution is -0.143. The topological polar surface area (TPSA) is 73.6 Å². The third-order valence-corrected chi connectivity index (χ3v) is 13.7. The van der Waals surface area contributed by atoms with Gasteiger partial charge in [0.25, 0.3) is 0 Å². The summed E-state index contributed by atoms with van der Waals surface area (Å²) < 4.78 is 38.1. The maximum atomic E-state index is 15.9. The Kier molecular flexibility index (Phi) is 9.74. The number of hydrogen-bond acceptors (Lipinski definition) is 4. The predicted octanol–water partition coefficient (Wildman–Crippen LogP) is 8.41. The van der Waals surface area contributed by atoms with Crippen LogP contribution in [0, 0.1) is 28.4 Å². The predicted molar refractivity (Wildman–Crippen MR) is 162 cm³/mol. The number of hydrogen-bond donors (Lipinski definition) is 1. The maximum Gasteiger partial charge on any atom is 0.321 e. The van der Waals surface area contributed by atoms with E-state index < -0.39 is 54.8 Å². The lowest BCUT2D eigenvalue weighted by Gasteiger charge is -2.40. The van der Waals surface area contributed by atoms with Crippen molar-refractivity contribution in [2.24, 2.45) is 5.41 Å². The molecule has 10 heteroatoms. The van der Waals surface area contributed by atoms with Crippen LogP contribution in [0.4, 0.5) is 8.78 Å². The zero-order valence-corrected chi connectivity index (χ0v) is 27.5. The lowest BCUT2D eigenvalue weighted by atomic mass is 9.62. The van der Waals surface area contributed by atoms with Gasteiger partial charge in [0, 0.05) is 35.7 Å². The second-order valence-electron chi connectivity index (χ2n) is 13.6. The van der Waals surface area contributed by atoms with Gasteiger partial charge in [0.1, 0.15) is 23.1 Å². The standard InChI is InChI=1S/C31H40Cl2F2N2O3Si/c1-29(2,3)17-24-31(18-36,21-13-12-19(32)16-23(21)34)25(20-10-9-11-22(33)26(20)35)27(28(38)39)37(24)14-15-40-41(7,8)30(4,5)6/h9-13,16,24-25,27H,14-15,17H2,1-8H3,(H,38,39)/t24-,25-,27+,31-/m0/s1. The highest BCUT2D eigenvalue weighted by Crippen LogP contribution is 2.56. The fourth-order valence-electron chi connectivity index (χ4n) is 5.72. The molecule has 0 spiro atoms. The smallest absolute Gasteiger partial charge is 0.321 e. The van der Waals surface area contributed by atoms with Gasteiger partial charge in [-0.05, 0) is 53.7 Å². The first-order valence-corrected chi connectivity index (χ1v) is 17.4. The van der Waals surface area contributed by atoms with E-state index in [1.807, 2.05) is 20.8 Å². The van der Waals surface area contributed by atoms with E-state index in [1.54, 1.807) is 4.90 Å². The van der Waals surface area contributed by atoms with Crippen LogP contribution in [0.3, 0.4) is 0 Å². The second kappa shape index (κ2) is 11.9. The Bertz CT molecular complexity index is 1340. The summed E-state index contributed by atoms with van der Waals surface area (Å²) in [5, 5.41) is 21.6. The van der Waals surface area contributed by atoms with Crippen molar-refractivity contribution in [3.63, 3.8) is 0 Å². The Balaban J connectivity index is 2.35. The number of carboxylic acids is 1. The molecule has 0 bridgehead atoms. The summed E-state index contributed by atoms with van der Waals surface area (Å²) in [6, 6.07) is 8.47. The highest BCUT2D eigenvalue weighted by molar-refractivity contribution is 6.74. The van der Waals surface area contributed by atoms with Crippen LogP contribution in [0.1, 0.15) is 65.0 Å². The number of benzene rings is 2. The molecular formula is C31H40Cl2F2N2O3Si. The number of halogens is 4. The highest BCUT2D eigenvalue weighted by Gasteiger charge is 2.65. The molecule has 0 unspecified atom stereocenters. The van der Waals surface area contributed by atoms with Gasteiger partial charge >= 0.3 is 5.97 Å². The Labute approximate surface area is 253 Å². The number of rotatable bonds is 8. The molecule has 2 aromatic rings. The summed E-state index contributed by atoms with van der Waals surface area (Å²) in [5.41, 5.74) is -2.28. The van der Waals surface area contributed by atoms with Crippen molar-refractivity contribution in [3.05, 3.63) is 69.2 Å². The summed E-state index contributed by atoms with van der Waals surface area (Å²) in [4.78, 5) is 14.9. The van der Waals surface area contributed by atoms with E-state index in [-0.39, 0.29) is 39.4 Å². The van der Waals surface area contributed by atoms with Gasteiger partial charge in [-0.1, -0.05) is 82.9 Å². The van der Waals surface area contributed by atoms with Crippen molar-refractivity contribution in [1.82, 2.24) is 4.90 Å². The highest BCUT2D eigenvalue weighted by atomic mass is 35.5. The van der Waals surface area contributed by atoms with Crippen LogP contribution in [-0.2, 0) is 14.6 Å². The van der Waals surface area contributed by atoms with Gasteiger partial charge in [0.2, 0.25) is 0 Å². The van der Waals surface area contributed by atoms with Gasteiger partial charge in [-0.25, -0.2) is 8.78 Å². The zero-order chi connectivity index (χ0) is 31.1. The molecular weight excluding hydrogens is 585 g/mol. The monoisotopic (exact) mass is 624 g/mol. The van der Waals surface area contributed by atoms with Gasteiger partial charge < -0.3 is 9.53 Å². The molecule has 3 rings (SSSR count). The van der Waals surface area contributed by atoms with E-state index in [0.29, 0.717) is 6.42 Å². The quantitative estimate of drug-likeness (QED) is 0.298. The number of carbonyl (C=O) groups is 1. The van der Waals surface area contributed by atoms with E-state index >= 15 is 8.78 Å². The van der Waals surface area contributed by atoms with Crippen molar-refractivity contribution in [1.29, 1.82) is 5.26 Å². The van der Waals surface area contributed by atoms with E-state index in [9.17, 15) is 15.2 Å². The van der Waals surface area contributed by atoms with Crippen LogP contribution in [0.15, 0.2) is 36.4 Å².